The molecule has 25 heavy (non-hydrogen) atoms. The predicted octanol–water partition coefficient (Wildman–Crippen LogP) is 2.19. The SMILES string of the molecule is CCN(C[C@@H](O)c1cccc(O)c1)C(=O)NCCN1CCC(C)CC1. The highest BCUT2D eigenvalue weighted by molar-refractivity contribution is 5.74. The van der Waals surface area contributed by atoms with E-state index in [0.717, 1.165) is 25.6 Å². The number of carbonyl (C=O) groups excluding carboxylic acids is 1. The average Bonchev–Trinajstić information content (AvgIpc) is 2.61. The second kappa shape index (κ2) is 9.63. The average molecular weight is 349 g/mol. The van der Waals surface area contributed by atoms with E-state index < -0.39 is 6.10 Å². The Morgan fingerprint density at radius 1 is 1.40 bits per heavy atom. The highest BCUT2D eigenvalue weighted by Crippen LogP contribution is 2.19. The monoisotopic (exact) mass is 349 g/mol. The molecule has 1 fully saturated rings. The fraction of sp³-hybridized carbons (Fsp3) is 0.632. The van der Waals surface area contributed by atoms with Gasteiger partial charge in [0.1, 0.15) is 5.75 Å². The van der Waals surface area contributed by atoms with Gasteiger partial charge < -0.3 is 25.3 Å². The number of urea groups is 1. The summed E-state index contributed by atoms with van der Waals surface area (Å²) in [5, 5.41) is 22.8. The summed E-state index contributed by atoms with van der Waals surface area (Å²) in [4.78, 5) is 16.3. The summed E-state index contributed by atoms with van der Waals surface area (Å²) in [5.74, 6) is 0.917. The molecule has 6 nitrogen and oxygen atoms in total. The van der Waals surface area contributed by atoms with Crippen LogP contribution in [0.4, 0.5) is 4.79 Å². The van der Waals surface area contributed by atoms with Crippen molar-refractivity contribution in [2.75, 3.05) is 39.3 Å². The molecular weight excluding hydrogens is 318 g/mol. The number of aliphatic hydroxyl groups excluding tert-OH is 1. The van der Waals surface area contributed by atoms with Crippen molar-refractivity contribution in [2.45, 2.75) is 32.8 Å². The van der Waals surface area contributed by atoms with Crippen molar-refractivity contribution in [1.29, 1.82) is 0 Å². The number of piperidine rings is 1. The lowest BCUT2D eigenvalue weighted by atomic mass is 9.99. The van der Waals surface area contributed by atoms with Gasteiger partial charge >= 0.3 is 6.03 Å². The van der Waals surface area contributed by atoms with Crippen LogP contribution in [0.1, 0.15) is 38.4 Å². The minimum Gasteiger partial charge on any atom is -0.508 e. The summed E-state index contributed by atoms with van der Waals surface area (Å²) < 4.78 is 0. The highest BCUT2D eigenvalue weighted by atomic mass is 16.3. The van der Waals surface area contributed by atoms with Crippen molar-refractivity contribution in [3.8, 4) is 5.75 Å². The first kappa shape index (κ1) is 19.5. The number of benzene rings is 1. The summed E-state index contributed by atoms with van der Waals surface area (Å²) in [7, 11) is 0. The molecule has 1 aliphatic rings. The molecule has 1 aliphatic heterocycles. The van der Waals surface area contributed by atoms with Crippen LogP contribution < -0.4 is 5.32 Å². The Morgan fingerprint density at radius 3 is 2.76 bits per heavy atom. The quantitative estimate of drug-likeness (QED) is 0.705. The van der Waals surface area contributed by atoms with Crippen LogP contribution in [0, 0.1) is 5.92 Å². The molecular formula is C19H31N3O3. The number of amides is 2. The molecule has 140 valence electrons. The number of phenols is 1. The molecule has 2 amide bonds. The number of aromatic hydroxyl groups is 1. The van der Waals surface area contributed by atoms with Crippen molar-refractivity contribution >= 4 is 6.03 Å². The minimum atomic E-state index is -0.818. The van der Waals surface area contributed by atoms with Crippen LogP contribution in [0.2, 0.25) is 0 Å². The van der Waals surface area contributed by atoms with Gasteiger partial charge in [-0.2, -0.15) is 0 Å². The first-order valence-electron chi connectivity index (χ1n) is 9.21. The van der Waals surface area contributed by atoms with Crippen molar-refractivity contribution in [3.63, 3.8) is 0 Å². The van der Waals surface area contributed by atoms with Crippen LogP contribution >= 0.6 is 0 Å². The fourth-order valence-corrected chi connectivity index (χ4v) is 3.12. The van der Waals surface area contributed by atoms with E-state index >= 15 is 0 Å². The Hall–Kier alpha value is -1.79. The van der Waals surface area contributed by atoms with E-state index in [1.807, 2.05) is 6.92 Å². The highest BCUT2D eigenvalue weighted by Gasteiger charge is 2.19. The zero-order valence-corrected chi connectivity index (χ0v) is 15.3. The van der Waals surface area contributed by atoms with E-state index in [1.165, 1.54) is 18.9 Å². The topological polar surface area (TPSA) is 76.0 Å². The number of hydrogen-bond acceptors (Lipinski definition) is 4. The first-order valence-corrected chi connectivity index (χ1v) is 9.21. The van der Waals surface area contributed by atoms with Crippen LogP contribution in [-0.4, -0.2) is 65.3 Å². The van der Waals surface area contributed by atoms with Gasteiger partial charge in [-0.3, -0.25) is 0 Å². The number of likely N-dealkylation sites (tertiary alicyclic amines) is 1. The third-order valence-electron chi connectivity index (χ3n) is 4.90. The van der Waals surface area contributed by atoms with Gasteiger partial charge in [0.2, 0.25) is 0 Å². The molecule has 0 aromatic heterocycles. The lowest BCUT2D eigenvalue weighted by molar-refractivity contribution is 0.122. The van der Waals surface area contributed by atoms with Crippen LogP contribution in [0.5, 0.6) is 5.75 Å². The number of rotatable bonds is 7. The van der Waals surface area contributed by atoms with Crippen LogP contribution in [0.3, 0.4) is 0 Å². The maximum absolute atomic E-state index is 12.3. The standard InChI is InChI=1S/C19H31N3O3/c1-3-22(14-18(24)16-5-4-6-17(23)13-16)19(25)20-9-12-21-10-7-15(2)8-11-21/h4-6,13,15,18,23-24H,3,7-12,14H2,1-2H3,(H,20,25)/t18-/m1/s1. The summed E-state index contributed by atoms with van der Waals surface area (Å²) in [6, 6.07) is 6.35. The van der Waals surface area contributed by atoms with Crippen LogP contribution in [0.25, 0.3) is 0 Å². The number of likely N-dealkylation sites (N-methyl/N-ethyl adjacent to an activating group) is 1. The molecule has 0 aliphatic carbocycles. The van der Waals surface area contributed by atoms with Crippen LogP contribution in [0.15, 0.2) is 24.3 Å². The van der Waals surface area contributed by atoms with Gasteiger partial charge in [-0.05, 0) is 56.5 Å². The number of aliphatic hydroxyl groups is 1. The molecule has 0 bridgehead atoms. The second-order valence-corrected chi connectivity index (χ2v) is 6.91. The fourth-order valence-electron chi connectivity index (χ4n) is 3.12. The molecule has 1 saturated heterocycles. The number of nitrogens with zero attached hydrogens (tertiary/aromatic N) is 2. The van der Waals surface area contributed by atoms with Crippen molar-refractivity contribution in [3.05, 3.63) is 29.8 Å². The molecule has 2 rings (SSSR count). The van der Waals surface area contributed by atoms with Gasteiger partial charge in [0.15, 0.2) is 0 Å². The van der Waals surface area contributed by atoms with Gasteiger partial charge in [-0.15, -0.1) is 0 Å². The Balaban J connectivity index is 1.76. The third-order valence-corrected chi connectivity index (χ3v) is 4.90. The van der Waals surface area contributed by atoms with Crippen molar-refractivity contribution in [1.82, 2.24) is 15.1 Å². The van der Waals surface area contributed by atoms with Gasteiger partial charge in [-0.25, -0.2) is 4.79 Å². The van der Waals surface area contributed by atoms with Gasteiger partial charge in [0, 0.05) is 19.6 Å². The molecule has 1 atom stereocenters. The lowest BCUT2D eigenvalue weighted by Crippen LogP contribution is -2.45. The Labute approximate surface area is 150 Å². The van der Waals surface area contributed by atoms with E-state index in [1.54, 1.807) is 23.1 Å². The predicted molar refractivity (Wildman–Crippen MR) is 98.6 cm³/mol. The van der Waals surface area contributed by atoms with Gasteiger partial charge in [0.05, 0.1) is 12.6 Å². The van der Waals surface area contributed by atoms with E-state index in [9.17, 15) is 15.0 Å². The van der Waals surface area contributed by atoms with E-state index in [0.29, 0.717) is 18.7 Å². The minimum absolute atomic E-state index is 0.111. The third kappa shape index (κ3) is 6.21. The van der Waals surface area contributed by atoms with E-state index in [4.69, 9.17) is 0 Å². The smallest absolute Gasteiger partial charge is 0.317 e. The Bertz CT molecular complexity index is 544. The Morgan fingerprint density at radius 2 is 2.12 bits per heavy atom. The first-order chi connectivity index (χ1) is 12.0. The maximum atomic E-state index is 12.3. The summed E-state index contributed by atoms with van der Waals surface area (Å²) in [5.41, 5.74) is 0.605. The number of nitrogens with one attached hydrogen (secondary N) is 1. The second-order valence-electron chi connectivity index (χ2n) is 6.91. The maximum Gasteiger partial charge on any atom is 0.317 e. The van der Waals surface area contributed by atoms with Gasteiger partial charge in [0.25, 0.3) is 0 Å². The number of hydrogen-bond donors (Lipinski definition) is 3. The molecule has 6 heteroatoms. The molecule has 0 saturated carbocycles. The molecule has 3 N–H and O–H groups in total. The van der Waals surface area contributed by atoms with Crippen LogP contribution in [-0.2, 0) is 0 Å². The van der Waals surface area contributed by atoms with E-state index in [-0.39, 0.29) is 18.3 Å². The summed E-state index contributed by atoms with van der Waals surface area (Å²) in [6.07, 6.45) is 1.64. The van der Waals surface area contributed by atoms with Crippen molar-refractivity contribution in [2.24, 2.45) is 5.92 Å². The summed E-state index contributed by atoms with van der Waals surface area (Å²) >= 11 is 0. The van der Waals surface area contributed by atoms with Gasteiger partial charge in [-0.1, -0.05) is 19.1 Å². The Kier molecular flexibility index (Phi) is 7.52. The molecule has 1 heterocycles. The molecule has 0 spiro atoms. The molecule has 1 aromatic rings. The van der Waals surface area contributed by atoms with E-state index in [2.05, 4.69) is 17.1 Å². The molecule has 1 aromatic carbocycles. The largest absolute Gasteiger partial charge is 0.508 e. The zero-order chi connectivity index (χ0) is 18.2. The summed E-state index contributed by atoms with van der Waals surface area (Å²) in [6.45, 7) is 8.58. The lowest BCUT2D eigenvalue weighted by Gasteiger charge is -2.30. The zero-order valence-electron chi connectivity index (χ0n) is 15.3. The molecule has 0 radical (unpaired) electrons. The van der Waals surface area contributed by atoms with Crippen molar-refractivity contribution < 1.29 is 15.0 Å². The normalized spacial score (nSPS) is 17.2. The number of carbonyl (C=O) groups is 1. The number of phenolic OH excluding ortho intramolecular Hbond substituents is 1. The molecule has 0 unspecified atom stereocenters.